The second-order valence-corrected chi connectivity index (χ2v) is 6.37. The molecule has 1 aliphatic rings. The largest absolute Gasteiger partial charge is 0.369 e. The lowest BCUT2D eigenvalue weighted by molar-refractivity contribution is 0.0952. The van der Waals surface area contributed by atoms with Crippen LogP contribution in [0, 0.1) is 0 Å². The number of piperazine rings is 1. The van der Waals surface area contributed by atoms with Crippen molar-refractivity contribution >= 4 is 11.6 Å². The van der Waals surface area contributed by atoms with Crippen LogP contribution in [0.2, 0.25) is 0 Å². The zero-order valence-corrected chi connectivity index (χ0v) is 14.6. The fourth-order valence-electron chi connectivity index (χ4n) is 3.13. The number of carbonyl (C=O) groups excluding carboxylic acids is 1. The van der Waals surface area contributed by atoms with Crippen molar-refractivity contribution in [3.05, 3.63) is 60.4 Å². The minimum Gasteiger partial charge on any atom is -0.369 e. The number of aromatic nitrogens is 1. The molecule has 2 heterocycles. The Hall–Kier alpha value is -2.40. The van der Waals surface area contributed by atoms with Crippen LogP contribution < -0.4 is 10.2 Å². The zero-order valence-electron chi connectivity index (χ0n) is 14.6. The smallest absolute Gasteiger partial charge is 0.252 e. The summed E-state index contributed by atoms with van der Waals surface area (Å²) in [6.45, 7) is 6.21. The molecule has 25 heavy (non-hydrogen) atoms. The number of nitrogens with zero attached hydrogens (tertiary/aromatic N) is 3. The molecule has 1 aromatic carbocycles. The highest BCUT2D eigenvalue weighted by Gasteiger charge is 2.16. The van der Waals surface area contributed by atoms with Crippen LogP contribution >= 0.6 is 0 Å². The molecule has 5 nitrogen and oxygen atoms in total. The van der Waals surface area contributed by atoms with Crippen molar-refractivity contribution in [2.24, 2.45) is 0 Å². The van der Waals surface area contributed by atoms with E-state index in [-0.39, 0.29) is 5.91 Å². The van der Waals surface area contributed by atoms with Crippen molar-refractivity contribution in [1.29, 1.82) is 0 Å². The van der Waals surface area contributed by atoms with Gasteiger partial charge in [-0.2, -0.15) is 0 Å². The van der Waals surface area contributed by atoms with Gasteiger partial charge in [0.05, 0.1) is 5.56 Å². The van der Waals surface area contributed by atoms with Gasteiger partial charge in [0, 0.05) is 50.8 Å². The van der Waals surface area contributed by atoms with Gasteiger partial charge in [-0.3, -0.25) is 14.7 Å². The number of anilines is 1. The van der Waals surface area contributed by atoms with E-state index in [2.05, 4.69) is 50.4 Å². The SMILES string of the molecule is O=C(NCCCCN1CCN(c2ccccc2)CC1)c1cccnc1. The molecule has 0 bridgehead atoms. The number of nitrogens with one attached hydrogen (secondary N) is 1. The zero-order chi connectivity index (χ0) is 17.3. The van der Waals surface area contributed by atoms with Crippen molar-refractivity contribution in [2.75, 3.05) is 44.2 Å². The third kappa shape index (κ3) is 5.29. The summed E-state index contributed by atoms with van der Waals surface area (Å²) in [6, 6.07) is 14.2. The van der Waals surface area contributed by atoms with Crippen LogP contribution in [0.5, 0.6) is 0 Å². The lowest BCUT2D eigenvalue weighted by atomic mass is 10.2. The van der Waals surface area contributed by atoms with Gasteiger partial charge in [0.15, 0.2) is 0 Å². The van der Waals surface area contributed by atoms with Crippen molar-refractivity contribution < 1.29 is 4.79 Å². The van der Waals surface area contributed by atoms with E-state index in [1.54, 1.807) is 24.5 Å². The molecule has 1 aromatic heterocycles. The Labute approximate surface area is 149 Å². The highest BCUT2D eigenvalue weighted by atomic mass is 16.1. The summed E-state index contributed by atoms with van der Waals surface area (Å²) in [5, 5.41) is 2.96. The normalized spacial score (nSPS) is 15.1. The summed E-state index contributed by atoms with van der Waals surface area (Å²) >= 11 is 0. The van der Waals surface area contributed by atoms with E-state index in [4.69, 9.17) is 0 Å². The number of amides is 1. The summed E-state index contributed by atoms with van der Waals surface area (Å²) in [4.78, 5) is 20.8. The molecule has 132 valence electrons. The van der Waals surface area contributed by atoms with Crippen LogP contribution in [0.1, 0.15) is 23.2 Å². The molecular weight excluding hydrogens is 312 g/mol. The number of unbranched alkanes of at least 4 members (excludes halogenated alkanes) is 1. The second-order valence-electron chi connectivity index (χ2n) is 6.37. The van der Waals surface area contributed by atoms with Crippen LogP contribution in [0.15, 0.2) is 54.9 Å². The molecule has 1 aliphatic heterocycles. The van der Waals surface area contributed by atoms with E-state index in [0.29, 0.717) is 5.56 Å². The molecule has 1 saturated heterocycles. The number of pyridine rings is 1. The molecular formula is C20H26N4O. The third-order valence-electron chi connectivity index (χ3n) is 4.60. The molecule has 3 rings (SSSR count). The van der Waals surface area contributed by atoms with Crippen LogP contribution in [0.3, 0.4) is 0 Å². The summed E-state index contributed by atoms with van der Waals surface area (Å²) < 4.78 is 0. The molecule has 0 unspecified atom stereocenters. The van der Waals surface area contributed by atoms with E-state index in [9.17, 15) is 4.79 Å². The van der Waals surface area contributed by atoms with Gasteiger partial charge < -0.3 is 10.2 Å². The molecule has 5 heteroatoms. The summed E-state index contributed by atoms with van der Waals surface area (Å²) in [5.41, 5.74) is 1.94. The van der Waals surface area contributed by atoms with E-state index in [0.717, 1.165) is 52.1 Å². The Bertz CT molecular complexity index is 639. The monoisotopic (exact) mass is 338 g/mol. The van der Waals surface area contributed by atoms with Crippen molar-refractivity contribution in [1.82, 2.24) is 15.2 Å². The molecule has 0 spiro atoms. The number of benzene rings is 1. The first kappa shape index (κ1) is 17.4. The highest BCUT2D eigenvalue weighted by Crippen LogP contribution is 2.15. The van der Waals surface area contributed by atoms with Gasteiger partial charge in [0.25, 0.3) is 5.91 Å². The predicted molar refractivity (Wildman–Crippen MR) is 101 cm³/mol. The number of rotatable bonds is 7. The second kappa shape index (κ2) is 9.18. The van der Waals surface area contributed by atoms with Gasteiger partial charge in [-0.1, -0.05) is 18.2 Å². The quantitative estimate of drug-likeness (QED) is 0.788. The fraction of sp³-hybridized carbons (Fsp3) is 0.400. The van der Waals surface area contributed by atoms with E-state index >= 15 is 0 Å². The Balaban J connectivity index is 1.28. The Morgan fingerprint density at radius 3 is 2.52 bits per heavy atom. The molecule has 1 N–H and O–H groups in total. The van der Waals surface area contributed by atoms with Gasteiger partial charge in [0.1, 0.15) is 0 Å². The van der Waals surface area contributed by atoms with Crippen molar-refractivity contribution in [2.45, 2.75) is 12.8 Å². The lowest BCUT2D eigenvalue weighted by Crippen LogP contribution is -2.46. The van der Waals surface area contributed by atoms with Crippen molar-refractivity contribution in [3.8, 4) is 0 Å². The molecule has 1 fully saturated rings. The third-order valence-corrected chi connectivity index (χ3v) is 4.60. The van der Waals surface area contributed by atoms with Crippen LogP contribution in [0.4, 0.5) is 5.69 Å². The number of hydrogen-bond acceptors (Lipinski definition) is 4. The van der Waals surface area contributed by atoms with Crippen LogP contribution in [0.25, 0.3) is 0 Å². The minimum absolute atomic E-state index is 0.0374. The topological polar surface area (TPSA) is 48.5 Å². The van der Waals surface area contributed by atoms with Crippen LogP contribution in [-0.2, 0) is 0 Å². The summed E-state index contributed by atoms with van der Waals surface area (Å²) in [5.74, 6) is -0.0374. The van der Waals surface area contributed by atoms with E-state index < -0.39 is 0 Å². The van der Waals surface area contributed by atoms with Gasteiger partial charge >= 0.3 is 0 Å². The first-order valence-corrected chi connectivity index (χ1v) is 9.03. The Kier molecular flexibility index (Phi) is 6.40. The lowest BCUT2D eigenvalue weighted by Gasteiger charge is -2.36. The van der Waals surface area contributed by atoms with E-state index in [1.165, 1.54) is 5.69 Å². The molecule has 0 radical (unpaired) electrons. The van der Waals surface area contributed by atoms with Crippen molar-refractivity contribution in [3.63, 3.8) is 0 Å². The maximum Gasteiger partial charge on any atom is 0.252 e. The molecule has 2 aromatic rings. The first-order chi connectivity index (χ1) is 12.3. The molecule has 0 atom stereocenters. The van der Waals surface area contributed by atoms with Gasteiger partial charge in [0.2, 0.25) is 0 Å². The summed E-state index contributed by atoms with van der Waals surface area (Å²) in [7, 11) is 0. The Morgan fingerprint density at radius 2 is 1.80 bits per heavy atom. The maximum atomic E-state index is 11.9. The highest BCUT2D eigenvalue weighted by molar-refractivity contribution is 5.93. The van der Waals surface area contributed by atoms with Gasteiger partial charge in [-0.25, -0.2) is 0 Å². The van der Waals surface area contributed by atoms with Crippen LogP contribution in [-0.4, -0.2) is 55.1 Å². The number of para-hydroxylation sites is 1. The summed E-state index contributed by atoms with van der Waals surface area (Å²) in [6.07, 6.45) is 5.39. The van der Waals surface area contributed by atoms with Gasteiger partial charge in [-0.05, 0) is 43.7 Å². The standard InChI is InChI=1S/C20H26N4O/c25-20(18-7-6-10-21-17-18)22-11-4-5-12-23-13-15-24(16-14-23)19-8-2-1-3-9-19/h1-3,6-10,17H,4-5,11-16H2,(H,22,25). The fourth-order valence-corrected chi connectivity index (χ4v) is 3.13. The molecule has 0 saturated carbocycles. The molecule has 0 aliphatic carbocycles. The average Bonchev–Trinajstić information content (AvgIpc) is 2.69. The molecule has 1 amide bonds. The first-order valence-electron chi connectivity index (χ1n) is 9.03. The number of carbonyl (C=O) groups is 1. The average molecular weight is 338 g/mol. The van der Waals surface area contributed by atoms with Gasteiger partial charge in [-0.15, -0.1) is 0 Å². The Morgan fingerprint density at radius 1 is 1.00 bits per heavy atom. The maximum absolute atomic E-state index is 11.9. The number of hydrogen-bond donors (Lipinski definition) is 1. The minimum atomic E-state index is -0.0374. The predicted octanol–water partition coefficient (Wildman–Crippen LogP) is 2.41. The van der Waals surface area contributed by atoms with E-state index in [1.807, 2.05) is 0 Å².